The van der Waals surface area contributed by atoms with Gasteiger partial charge in [0.05, 0.1) is 12.0 Å². The fourth-order valence-corrected chi connectivity index (χ4v) is 6.11. The molecule has 0 saturated carbocycles. The van der Waals surface area contributed by atoms with E-state index in [9.17, 15) is 24.5 Å². The van der Waals surface area contributed by atoms with Crippen molar-refractivity contribution in [1.29, 1.82) is 0 Å². The van der Waals surface area contributed by atoms with Crippen LogP contribution in [0.3, 0.4) is 0 Å². The summed E-state index contributed by atoms with van der Waals surface area (Å²) in [5, 5.41) is 10.9. The third-order valence-corrected chi connectivity index (χ3v) is 8.59. The number of nitro benzene ring substituents is 1. The number of carbonyl (C=O) groups excluding carboxylic acids is 3. The fourth-order valence-electron chi connectivity index (χ4n) is 4.91. The van der Waals surface area contributed by atoms with Crippen molar-refractivity contribution in [2.24, 2.45) is 5.73 Å². The first-order valence-corrected chi connectivity index (χ1v) is 14.6. The Kier molecular flexibility index (Phi) is 10.8. The highest BCUT2D eigenvalue weighted by atomic mass is 32.2. The second kappa shape index (κ2) is 14.7. The summed E-state index contributed by atoms with van der Waals surface area (Å²) >= 11 is 1.69. The van der Waals surface area contributed by atoms with Crippen molar-refractivity contribution >= 4 is 35.5 Å². The number of primary amides is 1. The normalized spacial score (nSPS) is 18.9. The minimum Gasteiger partial charge on any atom is -0.497 e. The number of nitro groups is 1. The standard InChI is InChI=1S/C28H35N5O8S/c1-39-23-8-4-21(5-9-23)19-42-24-16-25(26(34)31-12-10-30(11-13-31)14-15-40-27(29)35)32(17-24)28(36)41-18-20-2-6-22(7-3-20)33(37)38/h2-9,24-25H,10-19H2,1H3,(H2,29,35). The summed E-state index contributed by atoms with van der Waals surface area (Å²) in [6.07, 6.45) is -0.912. The van der Waals surface area contributed by atoms with Crippen LogP contribution in [0.2, 0.25) is 0 Å². The zero-order chi connectivity index (χ0) is 30.1. The van der Waals surface area contributed by atoms with Crippen LogP contribution in [0, 0.1) is 10.1 Å². The van der Waals surface area contributed by atoms with Crippen LogP contribution in [0.5, 0.6) is 5.75 Å². The van der Waals surface area contributed by atoms with E-state index in [-0.39, 0.29) is 30.1 Å². The van der Waals surface area contributed by atoms with Gasteiger partial charge in [0.25, 0.3) is 5.69 Å². The predicted octanol–water partition coefficient (Wildman–Crippen LogP) is 2.86. The van der Waals surface area contributed by atoms with Gasteiger partial charge in [-0.05, 0) is 41.8 Å². The third-order valence-electron chi connectivity index (χ3n) is 7.27. The largest absolute Gasteiger partial charge is 0.497 e. The molecule has 0 aliphatic carbocycles. The van der Waals surface area contributed by atoms with Gasteiger partial charge < -0.3 is 24.8 Å². The van der Waals surface area contributed by atoms with E-state index in [1.165, 1.54) is 17.0 Å². The van der Waals surface area contributed by atoms with Crippen LogP contribution in [0.15, 0.2) is 48.5 Å². The molecule has 14 heteroatoms. The lowest BCUT2D eigenvalue weighted by Gasteiger charge is -2.37. The molecule has 2 aliphatic rings. The number of nitrogens with two attached hydrogens (primary N) is 1. The lowest BCUT2D eigenvalue weighted by Crippen LogP contribution is -2.54. The van der Waals surface area contributed by atoms with Crippen LogP contribution in [-0.2, 0) is 26.6 Å². The number of amides is 3. The van der Waals surface area contributed by atoms with E-state index in [1.54, 1.807) is 35.9 Å². The van der Waals surface area contributed by atoms with Crippen molar-refractivity contribution in [3.63, 3.8) is 0 Å². The molecule has 2 atom stereocenters. The smallest absolute Gasteiger partial charge is 0.410 e. The van der Waals surface area contributed by atoms with Crippen LogP contribution < -0.4 is 10.5 Å². The van der Waals surface area contributed by atoms with Crippen molar-refractivity contribution in [1.82, 2.24) is 14.7 Å². The molecule has 42 heavy (non-hydrogen) atoms. The van der Waals surface area contributed by atoms with Gasteiger partial charge in [-0.15, -0.1) is 0 Å². The molecule has 2 aliphatic heterocycles. The summed E-state index contributed by atoms with van der Waals surface area (Å²) in [6.45, 7) is 3.21. The number of hydrogen-bond acceptors (Lipinski definition) is 10. The second-order valence-electron chi connectivity index (χ2n) is 10.00. The van der Waals surface area contributed by atoms with Crippen molar-refractivity contribution in [2.45, 2.75) is 30.1 Å². The first-order valence-electron chi connectivity index (χ1n) is 13.6. The molecule has 2 unspecified atom stereocenters. The van der Waals surface area contributed by atoms with Crippen LogP contribution in [0.4, 0.5) is 15.3 Å². The quantitative estimate of drug-likeness (QED) is 0.300. The van der Waals surface area contributed by atoms with Gasteiger partial charge in [0.2, 0.25) is 5.91 Å². The van der Waals surface area contributed by atoms with Crippen molar-refractivity contribution in [3.8, 4) is 5.75 Å². The molecule has 0 aromatic heterocycles. The SMILES string of the molecule is COc1ccc(CSC2CC(C(=O)N3CCN(CCOC(N)=O)CC3)N(C(=O)OCc3ccc([N+](=O)[O-])cc3)C2)cc1. The number of carbonyl (C=O) groups is 3. The van der Waals surface area contributed by atoms with Crippen molar-refractivity contribution < 1.29 is 33.5 Å². The molecule has 2 aromatic rings. The fraction of sp³-hybridized carbons (Fsp3) is 0.464. The highest BCUT2D eigenvalue weighted by Gasteiger charge is 2.42. The van der Waals surface area contributed by atoms with Crippen LogP contribution >= 0.6 is 11.8 Å². The van der Waals surface area contributed by atoms with Crippen LogP contribution in [0.1, 0.15) is 17.5 Å². The number of benzene rings is 2. The summed E-state index contributed by atoms with van der Waals surface area (Å²) in [6, 6.07) is 12.9. The molecule has 2 heterocycles. The Bertz CT molecular complexity index is 1240. The number of non-ortho nitro benzene ring substituents is 1. The molecule has 2 N–H and O–H groups in total. The molecular formula is C28H35N5O8S. The Morgan fingerprint density at radius 1 is 1.00 bits per heavy atom. The summed E-state index contributed by atoms with van der Waals surface area (Å²) in [4.78, 5) is 53.5. The monoisotopic (exact) mass is 601 g/mol. The lowest BCUT2D eigenvalue weighted by molar-refractivity contribution is -0.384. The second-order valence-corrected chi connectivity index (χ2v) is 11.3. The minimum atomic E-state index is -0.815. The van der Waals surface area contributed by atoms with E-state index in [0.29, 0.717) is 57.0 Å². The molecule has 0 spiro atoms. The molecule has 3 amide bonds. The lowest BCUT2D eigenvalue weighted by atomic mass is 10.1. The molecule has 2 fully saturated rings. The highest BCUT2D eigenvalue weighted by Crippen LogP contribution is 2.32. The van der Waals surface area contributed by atoms with Crippen LogP contribution in [-0.4, -0.2) is 102 Å². The molecule has 2 saturated heterocycles. The Morgan fingerprint density at radius 2 is 1.67 bits per heavy atom. The Hall–Kier alpha value is -4.04. The first-order chi connectivity index (χ1) is 20.2. The number of piperazine rings is 1. The molecule has 2 aromatic carbocycles. The van der Waals surface area contributed by atoms with Gasteiger partial charge >= 0.3 is 12.2 Å². The first kappa shape index (κ1) is 30.9. The van der Waals surface area contributed by atoms with Gasteiger partial charge in [-0.3, -0.25) is 24.7 Å². The number of nitrogens with zero attached hydrogens (tertiary/aromatic N) is 4. The number of methoxy groups -OCH3 is 1. The molecule has 226 valence electrons. The Labute approximate surface area is 248 Å². The number of likely N-dealkylation sites (tertiary alicyclic amines) is 1. The summed E-state index contributed by atoms with van der Waals surface area (Å²) in [7, 11) is 1.62. The van der Waals surface area contributed by atoms with Gasteiger partial charge in [-0.25, -0.2) is 9.59 Å². The highest BCUT2D eigenvalue weighted by molar-refractivity contribution is 7.99. The maximum atomic E-state index is 13.7. The van der Waals surface area contributed by atoms with Gasteiger partial charge in [-0.2, -0.15) is 11.8 Å². The van der Waals surface area contributed by atoms with Gasteiger partial charge in [-0.1, -0.05) is 12.1 Å². The number of ether oxygens (including phenoxy) is 3. The molecule has 4 rings (SSSR count). The van der Waals surface area contributed by atoms with E-state index in [4.69, 9.17) is 19.9 Å². The summed E-state index contributed by atoms with van der Waals surface area (Å²) in [5.74, 6) is 1.37. The average Bonchev–Trinajstić information content (AvgIpc) is 3.43. The average molecular weight is 602 g/mol. The maximum Gasteiger partial charge on any atom is 0.410 e. The number of hydrogen-bond donors (Lipinski definition) is 1. The van der Waals surface area contributed by atoms with Gasteiger partial charge in [0, 0.05) is 62.4 Å². The Morgan fingerprint density at radius 3 is 2.29 bits per heavy atom. The van der Waals surface area contributed by atoms with E-state index in [1.807, 2.05) is 24.3 Å². The molecule has 0 radical (unpaired) electrons. The number of thioether (sulfide) groups is 1. The molecular weight excluding hydrogens is 566 g/mol. The van der Waals surface area contributed by atoms with E-state index in [2.05, 4.69) is 4.90 Å². The molecule has 0 bridgehead atoms. The van der Waals surface area contributed by atoms with Crippen LogP contribution in [0.25, 0.3) is 0 Å². The summed E-state index contributed by atoms with van der Waals surface area (Å²) < 4.78 is 15.6. The third kappa shape index (κ3) is 8.49. The van der Waals surface area contributed by atoms with Crippen molar-refractivity contribution in [3.05, 3.63) is 69.8 Å². The molecule has 13 nitrogen and oxygen atoms in total. The summed E-state index contributed by atoms with van der Waals surface area (Å²) in [5.41, 5.74) is 6.69. The maximum absolute atomic E-state index is 13.7. The zero-order valence-electron chi connectivity index (χ0n) is 23.4. The van der Waals surface area contributed by atoms with Gasteiger partial charge in [0.1, 0.15) is 25.0 Å². The number of rotatable bonds is 11. The minimum absolute atomic E-state index is 0.0280. The van der Waals surface area contributed by atoms with Gasteiger partial charge in [0.15, 0.2) is 0 Å². The van der Waals surface area contributed by atoms with E-state index in [0.717, 1.165) is 11.3 Å². The van der Waals surface area contributed by atoms with E-state index >= 15 is 0 Å². The van der Waals surface area contributed by atoms with E-state index < -0.39 is 23.2 Å². The predicted molar refractivity (Wildman–Crippen MR) is 155 cm³/mol. The Balaban J connectivity index is 1.37. The topological polar surface area (TPSA) is 158 Å². The zero-order valence-corrected chi connectivity index (χ0v) is 24.2. The van der Waals surface area contributed by atoms with Crippen molar-refractivity contribution in [2.75, 3.05) is 53.0 Å².